The third-order valence-corrected chi connectivity index (χ3v) is 6.56. The monoisotopic (exact) mass is 472 g/mol. The van der Waals surface area contributed by atoms with Crippen LogP contribution in [0, 0.1) is 13.8 Å². The van der Waals surface area contributed by atoms with Crippen LogP contribution in [-0.4, -0.2) is 41.3 Å². The first kappa shape index (κ1) is 20.0. The van der Waals surface area contributed by atoms with Crippen molar-refractivity contribution in [3.8, 4) is 0 Å². The van der Waals surface area contributed by atoms with Gasteiger partial charge in [0.1, 0.15) is 5.58 Å². The third kappa shape index (κ3) is 4.07. The smallest absolute Gasteiger partial charge is 0.291 e. The van der Waals surface area contributed by atoms with E-state index in [9.17, 15) is 9.59 Å². The molecule has 5 nitrogen and oxygen atoms in total. The Hall–Kier alpha value is -2.25. The minimum atomic E-state index is -0.301. The Balaban J connectivity index is 1.54. The van der Waals surface area contributed by atoms with Crippen molar-refractivity contribution in [3.63, 3.8) is 0 Å². The molecule has 1 fully saturated rings. The molecule has 2 heterocycles. The van der Waals surface area contributed by atoms with Crippen molar-refractivity contribution in [2.24, 2.45) is 0 Å². The van der Waals surface area contributed by atoms with E-state index >= 15 is 0 Å². The van der Waals surface area contributed by atoms with E-state index in [0.29, 0.717) is 22.6 Å². The summed E-state index contributed by atoms with van der Waals surface area (Å²) in [5, 5.41) is 3.82. The van der Waals surface area contributed by atoms with E-state index in [4.69, 9.17) is 4.42 Å². The fourth-order valence-corrected chi connectivity index (χ4v) is 4.74. The number of fused-ring (bicyclic) bond motifs is 1. The number of halogens is 1. The van der Waals surface area contributed by atoms with Gasteiger partial charge in [-0.05, 0) is 55.8 Å². The summed E-state index contributed by atoms with van der Waals surface area (Å²) in [6.07, 6.45) is 0. The molecular weight excluding hydrogens is 452 g/mol. The molecule has 1 aliphatic heterocycles. The van der Waals surface area contributed by atoms with Gasteiger partial charge in [0.25, 0.3) is 11.8 Å². The van der Waals surface area contributed by atoms with Crippen LogP contribution < -0.4 is 5.32 Å². The lowest BCUT2D eigenvalue weighted by Crippen LogP contribution is -2.37. The zero-order valence-electron chi connectivity index (χ0n) is 16.3. The lowest BCUT2D eigenvalue weighted by atomic mass is 10.1. The van der Waals surface area contributed by atoms with Crippen LogP contribution in [0.5, 0.6) is 0 Å². The Morgan fingerprint density at radius 2 is 1.86 bits per heavy atom. The second-order valence-corrected chi connectivity index (χ2v) is 9.23. The maximum Gasteiger partial charge on any atom is 0.291 e. The third-order valence-electron chi connectivity index (χ3n) is 5.12. The molecule has 0 spiro atoms. The molecule has 29 heavy (non-hydrogen) atoms. The van der Waals surface area contributed by atoms with Crippen LogP contribution in [0.25, 0.3) is 11.0 Å². The van der Waals surface area contributed by atoms with Crippen molar-refractivity contribution < 1.29 is 14.0 Å². The summed E-state index contributed by atoms with van der Waals surface area (Å²) in [5.41, 5.74) is 3.63. The van der Waals surface area contributed by atoms with E-state index in [-0.39, 0.29) is 11.8 Å². The molecule has 150 valence electrons. The van der Waals surface area contributed by atoms with Crippen LogP contribution in [0.15, 0.2) is 45.3 Å². The highest BCUT2D eigenvalue weighted by Gasteiger charge is 2.21. The Morgan fingerprint density at radius 1 is 1.10 bits per heavy atom. The number of rotatable bonds is 3. The molecular formula is C22H21BrN2O3S. The maximum absolute atomic E-state index is 12.8. The minimum absolute atomic E-state index is 0.0463. The Kier molecular flexibility index (Phi) is 5.69. The number of furan rings is 1. The molecule has 0 unspecified atom stereocenters. The van der Waals surface area contributed by atoms with Crippen molar-refractivity contribution in [1.29, 1.82) is 0 Å². The average Bonchev–Trinajstić information content (AvgIpc) is 3.05. The largest absolute Gasteiger partial charge is 0.451 e. The maximum atomic E-state index is 12.8. The van der Waals surface area contributed by atoms with Gasteiger partial charge in [-0.15, -0.1) is 0 Å². The predicted molar refractivity (Wildman–Crippen MR) is 121 cm³/mol. The quantitative estimate of drug-likeness (QED) is 0.564. The topological polar surface area (TPSA) is 62.6 Å². The first-order valence-corrected chi connectivity index (χ1v) is 11.4. The number of carbonyl (C=O) groups excluding carboxylic acids is 2. The number of aryl methyl sites for hydroxylation is 2. The number of hydrogen-bond donors (Lipinski definition) is 1. The van der Waals surface area contributed by atoms with Gasteiger partial charge < -0.3 is 14.6 Å². The SMILES string of the molecule is Cc1cc(C(=O)N2CCSCC2)ccc1NC(=O)c1oc2ccc(Br)cc2c1C. The second-order valence-electron chi connectivity index (χ2n) is 7.09. The van der Waals surface area contributed by atoms with Crippen LogP contribution in [0.3, 0.4) is 0 Å². The van der Waals surface area contributed by atoms with Crippen LogP contribution >= 0.6 is 27.7 Å². The van der Waals surface area contributed by atoms with Gasteiger partial charge in [0.15, 0.2) is 5.76 Å². The van der Waals surface area contributed by atoms with Crippen LogP contribution in [0.1, 0.15) is 32.0 Å². The molecule has 1 N–H and O–H groups in total. The molecule has 2 aromatic carbocycles. The summed E-state index contributed by atoms with van der Waals surface area (Å²) in [6.45, 7) is 5.32. The van der Waals surface area contributed by atoms with Crippen molar-refractivity contribution in [3.05, 3.63) is 63.3 Å². The van der Waals surface area contributed by atoms with Crippen LogP contribution in [0.4, 0.5) is 5.69 Å². The van der Waals surface area contributed by atoms with Crippen molar-refractivity contribution in [2.45, 2.75) is 13.8 Å². The first-order chi connectivity index (χ1) is 13.9. The normalized spacial score (nSPS) is 14.2. The predicted octanol–water partition coefficient (Wildman–Crippen LogP) is 5.25. The van der Waals surface area contributed by atoms with Gasteiger partial charge in [-0.2, -0.15) is 11.8 Å². The van der Waals surface area contributed by atoms with Gasteiger partial charge in [-0.3, -0.25) is 9.59 Å². The summed E-state index contributed by atoms with van der Waals surface area (Å²) in [7, 11) is 0. The number of nitrogens with one attached hydrogen (secondary N) is 1. The van der Waals surface area contributed by atoms with Crippen LogP contribution in [0.2, 0.25) is 0 Å². The van der Waals surface area contributed by atoms with Crippen molar-refractivity contribution in [2.75, 3.05) is 29.9 Å². The molecule has 1 saturated heterocycles. The average molecular weight is 473 g/mol. The summed E-state index contributed by atoms with van der Waals surface area (Å²) < 4.78 is 6.71. The summed E-state index contributed by atoms with van der Waals surface area (Å²) in [5.74, 6) is 2.00. The van der Waals surface area contributed by atoms with Gasteiger partial charge in [-0.1, -0.05) is 15.9 Å². The molecule has 1 aromatic heterocycles. The number of benzene rings is 2. The number of nitrogens with zero attached hydrogens (tertiary/aromatic N) is 1. The minimum Gasteiger partial charge on any atom is -0.451 e. The highest BCUT2D eigenvalue weighted by molar-refractivity contribution is 9.10. The van der Waals surface area contributed by atoms with Crippen molar-refractivity contribution in [1.82, 2.24) is 4.90 Å². The Bertz CT molecular complexity index is 1100. The van der Waals surface area contributed by atoms with Gasteiger partial charge in [0, 0.05) is 51.3 Å². The van der Waals surface area contributed by atoms with Gasteiger partial charge in [0.05, 0.1) is 0 Å². The first-order valence-electron chi connectivity index (χ1n) is 9.41. The second kappa shape index (κ2) is 8.24. The lowest BCUT2D eigenvalue weighted by molar-refractivity contribution is 0.0772. The van der Waals surface area contributed by atoms with E-state index in [2.05, 4.69) is 21.2 Å². The summed E-state index contributed by atoms with van der Waals surface area (Å²) in [6, 6.07) is 11.1. The molecule has 2 amide bonds. The fraction of sp³-hybridized carbons (Fsp3) is 0.273. The number of hydrogen-bond acceptors (Lipinski definition) is 4. The standard InChI is InChI=1S/C22H21BrN2O3S/c1-13-11-15(22(27)25-7-9-29-10-8-25)3-5-18(13)24-21(26)20-14(2)17-12-16(23)4-6-19(17)28-20/h3-6,11-12H,7-10H2,1-2H3,(H,24,26). The van der Waals surface area contributed by atoms with E-state index < -0.39 is 0 Å². The molecule has 4 rings (SSSR count). The zero-order chi connectivity index (χ0) is 20.5. The molecule has 0 bridgehead atoms. The number of thioether (sulfide) groups is 1. The van der Waals surface area contributed by atoms with Gasteiger partial charge in [-0.25, -0.2) is 0 Å². The highest BCUT2D eigenvalue weighted by atomic mass is 79.9. The molecule has 7 heteroatoms. The van der Waals surface area contributed by atoms with E-state index in [1.54, 1.807) is 12.1 Å². The molecule has 0 aliphatic carbocycles. The lowest BCUT2D eigenvalue weighted by Gasteiger charge is -2.26. The summed E-state index contributed by atoms with van der Waals surface area (Å²) >= 11 is 5.32. The van der Waals surface area contributed by atoms with E-state index in [0.717, 1.165) is 45.6 Å². The molecule has 0 radical (unpaired) electrons. The molecule has 1 aliphatic rings. The Labute approximate surface area is 182 Å². The molecule has 3 aromatic rings. The molecule has 0 saturated carbocycles. The number of carbonyl (C=O) groups is 2. The molecule has 0 atom stereocenters. The highest BCUT2D eigenvalue weighted by Crippen LogP contribution is 2.29. The van der Waals surface area contributed by atoms with E-state index in [1.165, 1.54) is 0 Å². The fourth-order valence-electron chi connectivity index (χ4n) is 3.47. The number of amides is 2. The van der Waals surface area contributed by atoms with Crippen molar-refractivity contribution >= 4 is 56.2 Å². The summed E-state index contributed by atoms with van der Waals surface area (Å²) in [4.78, 5) is 27.4. The number of anilines is 1. The van der Waals surface area contributed by atoms with Gasteiger partial charge in [0.2, 0.25) is 0 Å². The van der Waals surface area contributed by atoms with Gasteiger partial charge >= 0.3 is 0 Å². The van der Waals surface area contributed by atoms with E-state index in [1.807, 2.05) is 54.8 Å². The van der Waals surface area contributed by atoms with Crippen LogP contribution in [-0.2, 0) is 0 Å². The Morgan fingerprint density at radius 3 is 2.59 bits per heavy atom. The zero-order valence-corrected chi connectivity index (χ0v) is 18.7.